The molecule has 0 saturated heterocycles. The van der Waals surface area contributed by atoms with Crippen molar-refractivity contribution in [1.82, 2.24) is 16.0 Å². The number of unbranched alkanes of at least 4 members (excludes halogenated alkanes) is 1. The van der Waals surface area contributed by atoms with Gasteiger partial charge in [-0.05, 0) is 32.2 Å². The van der Waals surface area contributed by atoms with Crippen LogP contribution < -0.4 is 27.4 Å². The van der Waals surface area contributed by atoms with Crippen LogP contribution in [0, 0.1) is 0 Å². The van der Waals surface area contributed by atoms with E-state index in [-0.39, 0.29) is 25.0 Å². The maximum Gasteiger partial charge on any atom is 0.326 e. The summed E-state index contributed by atoms with van der Waals surface area (Å²) in [6.45, 7) is -0.0705. The number of nitrogens with two attached hydrogens (primary N) is 2. The van der Waals surface area contributed by atoms with Gasteiger partial charge in [-0.3, -0.25) is 19.2 Å². The molecule has 0 unspecified atom stereocenters. The number of carbonyl (C=O) groups is 5. The molecular formula is C16H29N5O7S. The fourth-order valence-corrected chi connectivity index (χ4v) is 2.41. The Bertz CT molecular complexity index is 590. The summed E-state index contributed by atoms with van der Waals surface area (Å²) in [7, 11) is 0. The van der Waals surface area contributed by atoms with Crippen LogP contribution in [-0.4, -0.2) is 76.8 Å². The van der Waals surface area contributed by atoms with Crippen LogP contribution in [-0.2, 0) is 24.0 Å². The molecule has 0 aliphatic rings. The summed E-state index contributed by atoms with van der Waals surface area (Å²) in [5, 5.41) is 24.7. The quantitative estimate of drug-likeness (QED) is 0.0998. The van der Waals surface area contributed by atoms with E-state index in [1.54, 1.807) is 0 Å². The Balaban J connectivity index is 4.45. The van der Waals surface area contributed by atoms with Gasteiger partial charge in [-0.25, -0.2) is 4.79 Å². The minimum absolute atomic E-state index is 0.0684. The van der Waals surface area contributed by atoms with Gasteiger partial charge in [0.25, 0.3) is 0 Å². The molecule has 0 aromatic rings. The van der Waals surface area contributed by atoms with Crippen molar-refractivity contribution in [3.05, 3.63) is 0 Å². The van der Waals surface area contributed by atoms with Crippen molar-refractivity contribution in [1.29, 1.82) is 0 Å². The van der Waals surface area contributed by atoms with Gasteiger partial charge in [0.2, 0.25) is 17.7 Å². The summed E-state index contributed by atoms with van der Waals surface area (Å²) in [5.74, 6) is -4.49. The van der Waals surface area contributed by atoms with E-state index in [1.165, 1.54) is 0 Å². The number of aliphatic carboxylic acids is 2. The average Bonchev–Trinajstić information content (AvgIpc) is 2.67. The molecule has 0 heterocycles. The lowest BCUT2D eigenvalue weighted by molar-refractivity contribution is -0.142. The normalized spacial score (nSPS) is 13.6. The molecule has 0 aromatic heterocycles. The second-order valence-electron chi connectivity index (χ2n) is 6.25. The van der Waals surface area contributed by atoms with Crippen LogP contribution in [0.15, 0.2) is 0 Å². The molecule has 13 heteroatoms. The van der Waals surface area contributed by atoms with Crippen molar-refractivity contribution < 1.29 is 34.2 Å². The topological polar surface area (TPSA) is 214 Å². The van der Waals surface area contributed by atoms with Crippen LogP contribution in [0.25, 0.3) is 0 Å². The van der Waals surface area contributed by atoms with Crippen LogP contribution in [0.5, 0.6) is 0 Å². The van der Waals surface area contributed by atoms with E-state index in [2.05, 4.69) is 28.6 Å². The van der Waals surface area contributed by atoms with Gasteiger partial charge in [0.05, 0.1) is 6.54 Å². The van der Waals surface area contributed by atoms with Gasteiger partial charge in [-0.1, -0.05) is 0 Å². The Morgan fingerprint density at radius 3 is 2.03 bits per heavy atom. The molecule has 0 radical (unpaired) electrons. The Hall–Kier alpha value is -2.38. The summed E-state index contributed by atoms with van der Waals surface area (Å²) < 4.78 is 0. The number of rotatable bonds is 15. The van der Waals surface area contributed by atoms with Crippen molar-refractivity contribution >= 4 is 42.3 Å². The van der Waals surface area contributed by atoms with Gasteiger partial charge in [0.1, 0.15) is 18.1 Å². The molecule has 3 amide bonds. The minimum atomic E-state index is -1.24. The lowest BCUT2D eigenvalue weighted by Gasteiger charge is -2.18. The summed E-state index contributed by atoms with van der Waals surface area (Å²) in [6, 6.07) is -3.34. The zero-order valence-corrected chi connectivity index (χ0v) is 16.8. The van der Waals surface area contributed by atoms with Crippen molar-refractivity contribution in [2.24, 2.45) is 11.5 Å². The van der Waals surface area contributed by atoms with Gasteiger partial charge in [0.15, 0.2) is 0 Å². The predicted octanol–water partition coefficient (Wildman–Crippen LogP) is -2.59. The first-order chi connectivity index (χ1) is 13.6. The molecule has 29 heavy (non-hydrogen) atoms. The maximum absolute atomic E-state index is 12.1. The number of carboxylic acid groups (broad SMARTS) is 2. The molecule has 0 fully saturated rings. The SMILES string of the molecule is NCCCC[C@H](NC(=O)CNC(=O)[C@H](CS)NC(=O)CC[C@H](N)C(=O)O)C(=O)O. The summed E-state index contributed by atoms with van der Waals surface area (Å²) in [5.41, 5.74) is 10.6. The third-order valence-electron chi connectivity index (χ3n) is 3.84. The lowest BCUT2D eigenvalue weighted by atomic mass is 10.1. The Morgan fingerprint density at radius 2 is 1.52 bits per heavy atom. The smallest absolute Gasteiger partial charge is 0.326 e. The maximum atomic E-state index is 12.1. The third-order valence-corrected chi connectivity index (χ3v) is 4.20. The number of carboxylic acids is 2. The highest BCUT2D eigenvalue weighted by atomic mass is 32.1. The van der Waals surface area contributed by atoms with E-state index < -0.39 is 54.3 Å². The number of carbonyl (C=O) groups excluding carboxylic acids is 3. The van der Waals surface area contributed by atoms with E-state index in [0.29, 0.717) is 19.4 Å². The van der Waals surface area contributed by atoms with Crippen LogP contribution in [0.4, 0.5) is 0 Å². The molecule has 0 rings (SSSR count). The minimum Gasteiger partial charge on any atom is -0.480 e. The van der Waals surface area contributed by atoms with Crippen molar-refractivity contribution in [2.75, 3.05) is 18.8 Å². The van der Waals surface area contributed by atoms with Gasteiger partial charge in [0, 0.05) is 12.2 Å². The molecular weight excluding hydrogens is 406 g/mol. The number of thiol groups is 1. The fraction of sp³-hybridized carbons (Fsp3) is 0.688. The first kappa shape index (κ1) is 26.6. The highest BCUT2D eigenvalue weighted by molar-refractivity contribution is 7.80. The number of nitrogens with one attached hydrogen (secondary N) is 3. The molecule has 0 aliphatic carbocycles. The zero-order valence-electron chi connectivity index (χ0n) is 15.9. The summed E-state index contributed by atoms with van der Waals surface area (Å²) in [4.78, 5) is 57.6. The number of hydrogen-bond donors (Lipinski definition) is 8. The highest BCUT2D eigenvalue weighted by Gasteiger charge is 2.23. The number of amides is 3. The van der Waals surface area contributed by atoms with Crippen LogP contribution >= 0.6 is 12.6 Å². The second-order valence-corrected chi connectivity index (χ2v) is 6.61. The molecule has 0 saturated carbocycles. The standard InChI is InChI=1S/C16H29N5O7S/c17-6-2-1-3-10(16(27)28)20-13(23)7-19-14(24)11(8-29)21-12(22)5-4-9(18)15(25)26/h9-11,29H,1-8,17-18H2,(H,19,24)(H,20,23)(H,21,22)(H,25,26)(H,27,28)/t9-,10-,11-/m0/s1. The molecule has 12 nitrogen and oxygen atoms in total. The van der Waals surface area contributed by atoms with E-state index in [9.17, 15) is 24.0 Å². The van der Waals surface area contributed by atoms with Crippen molar-refractivity contribution in [3.63, 3.8) is 0 Å². The molecule has 0 aromatic carbocycles. The Labute approximate surface area is 173 Å². The second kappa shape index (κ2) is 14.6. The van der Waals surface area contributed by atoms with Gasteiger partial charge >= 0.3 is 11.9 Å². The Kier molecular flexibility index (Phi) is 13.4. The van der Waals surface area contributed by atoms with Gasteiger partial charge in [-0.2, -0.15) is 12.6 Å². The molecule has 0 bridgehead atoms. The summed E-state index contributed by atoms with van der Waals surface area (Å²) in [6.07, 6.45) is 1.05. The first-order valence-corrected chi connectivity index (χ1v) is 9.64. The van der Waals surface area contributed by atoms with E-state index in [0.717, 1.165) is 0 Å². The molecule has 3 atom stereocenters. The highest BCUT2D eigenvalue weighted by Crippen LogP contribution is 2.01. The number of hydrogen-bond acceptors (Lipinski definition) is 8. The fourth-order valence-electron chi connectivity index (χ4n) is 2.16. The first-order valence-electron chi connectivity index (χ1n) is 9.00. The molecule has 0 aliphatic heterocycles. The van der Waals surface area contributed by atoms with Crippen molar-refractivity contribution in [3.8, 4) is 0 Å². The third kappa shape index (κ3) is 11.9. The largest absolute Gasteiger partial charge is 0.480 e. The van der Waals surface area contributed by atoms with Crippen molar-refractivity contribution in [2.45, 2.75) is 50.2 Å². The molecule has 166 valence electrons. The van der Waals surface area contributed by atoms with Gasteiger partial charge < -0.3 is 37.6 Å². The van der Waals surface area contributed by atoms with Gasteiger partial charge in [-0.15, -0.1) is 0 Å². The van der Waals surface area contributed by atoms with E-state index >= 15 is 0 Å². The van der Waals surface area contributed by atoms with Crippen LogP contribution in [0.1, 0.15) is 32.1 Å². The summed E-state index contributed by atoms with van der Waals surface area (Å²) >= 11 is 3.96. The van der Waals surface area contributed by atoms with Crippen LogP contribution in [0.2, 0.25) is 0 Å². The predicted molar refractivity (Wildman–Crippen MR) is 106 cm³/mol. The van der Waals surface area contributed by atoms with E-state index in [4.69, 9.17) is 21.7 Å². The zero-order chi connectivity index (χ0) is 22.4. The monoisotopic (exact) mass is 435 g/mol. The van der Waals surface area contributed by atoms with Crippen LogP contribution in [0.3, 0.4) is 0 Å². The molecule has 0 spiro atoms. The Morgan fingerprint density at radius 1 is 0.897 bits per heavy atom. The molecule has 9 N–H and O–H groups in total. The van der Waals surface area contributed by atoms with E-state index in [1.807, 2.05) is 0 Å². The lowest BCUT2D eigenvalue weighted by Crippen LogP contribution is -2.51. The average molecular weight is 436 g/mol.